The SMILES string of the molecule is O=Cc1ccc(N2CCCNC(=O)C2)cc1. The largest absolute Gasteiger partial charge is 0.362 e. The van der Waals surface area contributed by atoms with E-state index in [2.05, 4.69) is 5.32 Å². The van der Waals surface area contributed by atoms with Gasteiger partial charge < -0.3 is 10.2 Å². The maximum atomic E-state index is 11.4. The van der Waals surface area contributed by atoms with Crippen LogP contribution < -0.4 is 10.2 Å². The predicted molar refractivity (Wildman–Crippen MR) is 61.7 cm³/mol. The molecule has 1 saturated heterocycles. The molecule has 16 heavy (non-hydrogen) atoms. The first-order valence-electron chi connectivity index (χ1n) is 5.36. The molecule has 1 aliphatic heterocycles. The van der Waals surface area contributed by atoms with Crippen LogP contribution in [0.3, 0.4) is 0 Å². The van der Waals surface area contributed by atoms with Gasteiger partial charge >= 0.3 is 0 Å². The highest BCUT2D eigenvalue weighted by Crippen LogP contribution is 2.15. The van der Waals surface area contributed by atoms with E-state index in [-0.39, 0.29) is 5.91 Å². The number of benzene rings is 1. The summed E-state index contributed by atoms with van der Waals surface area (Å²) >= 11 is 0. The number of aldehydes is 1. The summed E-state index contributed by atoms with van der Waals surface area (Å²) in [6, 6.07) is 7.29. The summed E-state index contributed by atoms with van der Waals surface area (Å²) in [5, 5.41) is 2.83. The zero-order valence-corrected chi connectivity index (χ0v) is 8.98. The number of hydrogen-bond donors (Lipinski definition) is 1. The molecule has 0 unspecified atom stereocenters. The Labute approximate surface area is 94.2 Å². The fraction of sp³-hybridized carbons (Fsp3) is 0.333. The molecule has 1 aliphatic rings. The number of anilines is 1. The van der Waals surface area contributed by atoms with Crippen LogP contribution in [0.5, 0.6) is 0 Å². The fourth-order valence-electron chi connectivity index (χ4n) is 1.79. The van der Waals surface area contributed by atoms with Crippen molar-refractivity contribution >= 4 is 17.9 Å². The van der Waals surface area contributed by atoms with E-state index in [0.717, 1.165) is 31.5 Å². The second kappa shape index (κ2) is 4.79. The molecule has 0 aliphatic carbocycles. The van der Waals surface area contributed by atoms with Gasteiger partial charge in [-0.15, -0.1) is 0 Å². The van der Waals surface area contributed by atoms with Gasteiger partial charge in [-0.2, -0.15) is 0 Å². The maximum absolute atomic E-state index is 11.4. The molecule has 84 valence electrons. The van der Waals surface area contributed by atoms with E-state index >= 15 is 0 Å². The highest BCUT2D eigenvalue weighted by molar-refractivity contribution is 5.82. The van der Waals surface area contributed by atoms with Gasteiger partial charge in [-0.25, -0.2) is 0 Å². The van der Waals surface area contributed by atoms with E-state index < -0.39 is 0 Å². The van der Waals surface area contributed by atoms with Crippen LogP contribution in [0.1, 0.15) is 16.8 Å². The summed E-state index contributed by atoms with van der Waals surface area (Å²) in [4.78, 5) is 23.9. The van der Waals surface area contributed by atoms with Gasteiger partial charge in [0.1, 0.15) is 6.29 Å². The van der Waals surface area contributed by atoms with Gasteiger partial charge in [-0.05, 0) is 30.7 Å². The van der Waals surface area contributed by atoms with E-state index in [4.69, 9.17) is 0 Å². The number of amides is 1. The van der Waals surface area contributed by atoms with Crippen molar-refractivity contribution in [2.24, 2.45) is 0 Å². The van der Waals surface area contributed by atoms with E-state index in [1.54, 1.807) is 12.1 Å². The predicted octanol–water partition coefficient (Wildman–Crippen LogP) is 0.825. The number of carbonyl (C=O) groups is 2. The first-order chi connectivity index (χ1) is 7.79. The van der Waals surface area contributed by atoms with Crippen molar-refractivity contribution in [3.05, 3.63) is 29.8 Å². The Morgan fingerprint density at radius 2 is 2.00 bits per heavy atom. The van der Waals surface area contributed by atoms with Gasteiger partial charge in [-0.1, -0.05) is 0 Å². The van der Waals surface area contributed by atoms with E-state index in [1.165, 1.54) is 0 Å². The van der Waals surface area contributed by atoms with E-state index in [9.17, 15) is 9.59 Å². The third-order valence-corrected chi connectivity index (χ3v) is 2.66. The van der Waals surface area contributed by atoms with Crippen molar-refractivity contribution in [1.29, 1.82) is 0 Å². The van der Waals surface area contributed by atoms with Crippen molar-refractivity contribution in [2.75, 3.05) is 24.5 Å². The number of nitrogens with one attached hydrogen (secondary N) is 1. The van der Waals surface area contributed by atoms with Crippen molar-refractivity contribution in [1.82, 2.24) is 5.32 Å². The van der Waals surface area contributed by atoms with Crippen molar-refractivity contribution in [3.63, 3.8) is 0 Å². The van der Waals surface area contributed by atoms with Crippen LogP contribution in [0, 0.1) is 0 Å². The lowest BCUT2D eigenvalue weighted by Gasteiger charge is -2.21. The maximum Gasteiger partial charge on any atom is 0.239 e. The lowest BCUT2D eigenvalue weighted by atomic mass is 10.2. The van der Waals surface area contributed by atoms with Gasteiger partial charge in [0.2, 0.25) is 5.91 Å². The quantitative estimate of drug-likeness (QED) is 0.748. The summed E-state index contributed by atoms with van der Waals surface area (Å²) in [6.45, 7) is 1.99. The molecular formula is C12H14N2O2. The van der Waals surface area contributed by atoms with Gasteiger partial charge in [0.05, 0.1) is 6.54 Å². The van der Waals surface area contributed by atoms with Crippen LogP contribution in [0.4, 0.5) is 5.69 Å². The molecule has 1 heterocycles. The first-order valence-corrected chi connectivity index (χ1v) is 5.36. The number of carbonyl (C=O) groups excluding carboxylic acids is 2. The Morgan fingerprint density at radius 3 is 2.69 bits per heavy atom. The average molecular weight is 218 g/mol. The summed E-state index contributed by atoms with van der Waals surface area (Å²) in [5.74, 6) is 0.0527. The van der Waals surface area contributed by atoms with Crippen LogP contribution >= 0.6 is 0 Å². The molecule has 1 amide bonds. The molecule has 0 bridgehead atoms. The van der Waals surface area contributed by atoms with Crippen LogP contribution in [0.2, 0.25) is 0 Å². The number of hydrogen-bond acceptors (Lipinski definition) is 3. The van der Waals surface area contributed by atoms with E-state index in [0.29, 0.717) is 12.1 Å². The second-order valence-corrected chi connectivity index (χ2v) is 3.83. The molecule has 4 nitrogen and oxygen atoms in total. The average Bonchev–Trinajstić information content (AvgIpc) is 2.54. The smallest absolute Gasteiger partial charge is 0.239 e. The Bertz CT molecular complexity index is 387. The fourth-order valence-corrected chi connectivity index (χ4v) is 1.79. The number of nitrogens with zero attached hydrogens (tertiary/aromatic N) is 1. The lowest BCUT2D eigenvalue weighted by Crippen LogP contribution is -2.32. The molecule has 2 rings (SSSR count). The Balaban J connectivity index is 2.15. The standard InChI is InChI=1S/C12H14N2O2/c15-9-10-2-4-11(5-3-10)14-7-1-6-13-12(16)8-14/h2-5,9H,1,6-8H2,(H,13,16). The van der Waals surface area contributed by atoms with Crippen molar-refractivity contribution in [2.45, 2.75) is 6.42 Å². The van der Waals surface area contributed by atoms with Gasteiger partial charge in [0, 0.05) is 24.3 Å². The summed E-state index contributed by atoms with van der Waals surface area (Å²) in [6.07, 6.45) is 1.76. The Kier molecular flexibility index (Phi) is 3.19. The molecule has 4 heteroatoms. The minimum atomic E-state index is 0.0527. The molecule has 1 N–H and O–H groups in total. The lowest BCUT2D eigenvalue weighted by molar-refractivity contribution is -0.119. The Hall–Kier alpha value is -1.84. The minimum Gasteiger partial charge on any atom is -0.362 e. The molecular weight excluding hydrogens is 204 g/mol. The van der Waals surface area contributed by atoms with Crippen LogP contribution in [-0.4, -0.2) is 31.8 Å². The van der Waals surface area contributed by atoms with Crippen molar-refractivity contribution < 1.29 is 9.59 Å². The summed E-state index contributed by atoms with van der Waals surface area (Å²) < 4.78 is 0. The molecule has 0 spiro atoms. The molecule has 1 aromatic rings. The third kappa shape index (κ3) is 2.39. The van der Waals surface area contributed by atoms with Crippen LogP contribution in [0.15, 0.2) is 24.3 Å². The Morgan fingerprint density at radius 1 is 1.25 bits per heavy atom. The van der Waals surface area contributed by atoms with E-state index in [1.807, 2.05) is 17.0 Å². The van der Waals surface area contributed by atoms with Gasteiger partial charge in [-0.3, -0.25) is 9.59 Å². The second-order valence-electron chi connectivity index (χ2n) is 3.83. The monoisotopic (exact) mass is 218 g/mol. The molecule has 1 fully saturated rings. The zero-order chi connectivity index (χ0) is 11.4. The van der Waals surface area contributed by atoms with Gasteiger partial charge in [0.15, 0.2) is 0 Å². The first kappa shape index (κ1) is 10.7. The molecule has 0 radical (unpaired) electrons. The van der Waals surface area contributed by atoms with Gasteiger partial charge in [0.25, 0.3) is 0 Å². The highest BCUT2D eigenvalue weighted by Gasteiger charge is 2.14. The number of rotatable bonds is 2. The minimum absolute atomic E-state index is 0.0527. The molecule has 0 aromatic heterocycles. The summed E-state index contributed by atoms with van der Waals surface area (Å²) in [5.41, 5.74) is 1.64. The van der Waals surface area contributed by atoms with Crippen molar-refractivity contribution in [3.8, 4) is 0 Å². The normalized spacial score (nSPS) is 16.5. The highest BCUT2D eigenvalue weighted by atomic mass is 16.2. The van der Waals surface area contributed by atoms with Crippen LogP contribution in [0.25, 0.3) is 0 Å². The summed E-state index contributed by atoms with van der Waals surface area (Å²) in [7, 11) is 0. The van der Waals surface area contributed by atoms with Crippen LogP contribution in [-0.2, 0) is 4.79 Å². The zero-order valence-electron chi connectivity index (χ0n) is 8.98. The molecule has 0 saturated carbocycles. The topological polar surface area (TPSA) is 49.4 Å². The molecule has 0 atom stereocenters. The molecule has 1 aromatic carbocycles. The third-order valence-electron chi connectivity index (χ3n) is 2.66.